The predicted molar refractivity (Wildman–Crippen MR) is 68.1 cm³/mol. The molecule has 0 saturated heterocycles. The molecule has 1 unspecified atom stereocenters. The third-order valence-electron chi connectivity index (χ3n) is 2.27. The van der Waals surface area contributed by atoms with E-state index in [-0.39, 0.29) is 12.5 Å². The van der Waals surface area contributed by atoms with Crippen LogP contribution in [-0.4, -0.2) is 37.2 Å². The maximum absolute atomic E-state index is 11.5. The highest BCUT2D eigenvalue weighted by Gasteiger charge is 2.12. The van der Waals surface area contributed by atoms with Crippen LogP contribution in [0.3, 0.4) is 0 Å². The molecule has 0 aliphatic rings. The zero-order valence-electron chi connectivity index (χ0n) is 10.2. The van der Waals surface area contributed by atoms with Gasteiger partial charge < -0.3 is 15.8 Å². The summed E-state index contributed by atoms with van der Waals surface area (Å²) in [4.78, 5) is 17.0. The summed E-state index contributed by atoms with van der Waals surface area (Å²) in [6.07, 6.45) is 3.64. The van der Waals surface area contributed by atoms with Gasteiger partial charge in [-0.1, -0.05) is 6.92 Å². The second-order valence-electron chi connectivity index (χ2n) is 3.68. The standard InChI is InChI=1S/C11H19N3O2S/c1-3-8-6-14-10(17-8)4-5-13-11(15)9(12)7-16-2/h6,9H,3-5,7,12H2,1-2H3,(H,13,15). The normalized spacial score (nSPS) is 12.4. The molecule has 0 aromatic carbocycles. The summed E-state index contributed by atoms with van der Waals surface area (Å²) in [5.41, 5.74) is 5.58. The summed E-state index contributed by atoms with van der Waals surface area (Å²) >= 11 is 1.68. The van der Waals surface area contributed by atoms with Crippen molar-refractivity contribution in [3.63, 3.8) is 0 Å². The van der Waals surface area contributed by atoms with E-state index in [1.54, 1.807) is 11.3 Å². The maximum atomic E-state index is 11.5. The van der Waals surface area contributed by atoms with Gasteiger partial charge in [0.05, 0.1) is 11.6 Å². The minimum absolute atomic E-state index is 0.181. The van der Waals surface area contributed by atoms with E-state index in [1.807, 2.05) is 6.20 Å². The molecule has 1 amide bonds. The van der Waals surface area contributed by atoms with E-state index in [2.05, 4.69) is 17.2 Å². The van der Waals surface area contributed by atoms with Crippen LogP contribution in [0.2, 0.25) is 0 Å². The van der Waals surface area contributed by atoms with Crippen molar-refractivity contribution >= 4 is 17.2 Å². The molecule has 0 spiro atoms. The summed E-state index contributed by atoms with van der Waals surface area (Å²) in [5.74, 6) is -0.181. The van der Waals surface area contributed by atoms with Crippen molar-refractivity contribution in [2.75, 3.05) is 20.3 Å². The zero-order chi connectivity index (χ0) is 12.7. The first-order valence-corrected chi connectivity index (χ1v) is 6.44. The van der Waals surface area contributed by atoms with Gasteiger partial charge >= 0.3 is 0 Å². The largest absolute Gasteiger partial charge is 0.383 e. The van der Waals surface area contributed by atoms with Crippen molar-refractivity contribution in [3.05, 3.63) is 16.1 Å². The molecule has 0 saturated carbocycles. The number of aromatic nitrogens is 1. The van der Waals surface area contributed by atoms with Crippen LogP contribution in [0.1, 0.15) is 16.8 Å². The molecule has 17 heavy (non-hydrogen) atoms. The fraction of sp³-hybridized carbons (Fsp3) is 0.636. The Hall–Kier alpha value is -0.980. The van der Waals surface area contributed by atoms with E-state index in [4.69, 9.17) is 10.5 Å². The number of carbonyl (C=O) groups is 1. The van der Waals surface area contributed by atoms with Gasteiger partial charge in [-0.15, -0.1) is 11.3 Å². The number of nitrogens with one attached hydrogen (secondary N) is 1. The number of carbonyl (C=O) groups excluding carboxylic acids is 1. The minimum Gasteiger partial charge on any atom is -0.383 e. The Labute approximate surface area is 105 Å². The summed E-state index contributed by atoms with van der Waals surface area (Å²) < 4.78 is 4.81. The monoisotopic (exact) mass is 257 g/mol. The minimum atomic E-state index is -0.595. The van der Waals surface area contributed by atoms with Crippen LogP contribution >= 0.6 is 11.3 Å². The van der Waals surface area contributed by atoms with Gasteiger partial charge in [-0.25, -0.2) is 4.98 Å². The van der Waals surface area contributed by atoms with Crippen molar-refractivity contribution < 1.29 is 9.53 Å². The molecule has 0 aliphatic carbocycles. The van der Waals surface area contributed by atoms with Gasteiger partial charge in [0.15, 0.2) is 0 Å². The van der Waals surface area contributed by atoms with Gasteiger partial charge in [0.25, 0.3) is 0 Å². The Morgan fingerprint density at radius 3 is 3.06 bits per heavy atom. The van der Waals surface area contributed by atoms with E-state index < -0.39 is 6.04 Å². The Balaban J connectivity index is 2.25. The molecule has 1 atom stereocenters. The summed E-state index contributed by atoms with van der Waals surface area (Å²) in [6, 6.07) is -0.595. The van der Waals surface area contributed by atoms with Crippen LogP contribution in [0, 0.1) is 0 Å². The molecule has 1 aromatic rings. The topological polar surface area (TPSA) is 77.2 Å². The smallest absolute Gasteiger partial charge is 0.239 e. The van der Waals surface area contributed by atoms with Crippen molar-refractivity contribution in [2.45, 2.75) is 25.8 Å². The van der Waals surface area contributed by atoms with E-state index in [0.29, 0.717) is 6.54 Å². The van der Waals surface area contributed by atoms with Gasteiger partial charge in [0, 0.05) is 31.1 Å². The average Bonchev–Trinajstić information content (AvgIpc) is 2.77. The number of aryl methyl sites for hydroxylation is 1. The van der Waals surface area contributed by atoms with E-state index in [9.17, 15) is 4.79 Å². The molecule has 5 nitrogen and oxygen atoms in total. The van der Waals surface area contributed by atoms with Crippen molar-refractivity contribution in [3.8, 4) is 0 Å². The summed E-state index contributed by atoms with van der Waals surface area (Å²) in [5, 5.41) is 3.81. The van der Waals surface area contributed by atoms with Gasteiger partial charge in [-0.05, 0) is 6.42 Å². The third-order valence-corrected chi connectivity index (χ3v) is 3.47. The maximum Gasteiger partial charge on any atom is 0.239 e. The lowest BCUT2D eigenvalue weighted by Gasteiger charge is -2.10. The lowest BCUT2D eigenvalue weighted by atomic mass is 10.3. The molecular formula is C11H19N3O2S. The molecule has 6 heteroatoms. The second-order valence-corrected chi connectivity index (χ2v) is 4.88. The number of nitrogens with two attached hydrogens (primary N) is 1. The molecular weight excluding hydrogens is 238 g/mol. The van der Waals surface area contributed by atoms with Gasteiger partial charge in [0.2, 0.25) is 5.91 Å². The highest BCUT2D eigenvalue weighted by molar-refractivity contribution is 7.11. The molecule has 3 N–H and O–H groups in total. The predicted octanol–water partition coefficient (Wildman–Crippen LogP) is 0.338. The number of hydrogen-bond donors (Lipinski definition) is 2. The van der Waals surface area contributed by atoms with Crippen molar-refractivity contribution in [1.29, 1.82) is 0 Å². The second kappa shape index (κ2) is 7.37. The van der Waals surface area contributed by atoms with Crippen LogP contribution in [0.5, 0.6) is 0 Å². The molecule has 1 aromatic heterocycles. The first-order valence-electron chi connectivity index (χ1n) is 5.63. The Bertz CT molecular complexity index is 354. The molecule has 1 heterocycles. The van der Waals surface area contributed by atoms with Crippen LogP contribution in [0.4, 0.5) is 0 Å². The molecule has 0 bridgehead atoms. The quantitative estimate of drug-likeness (QED) is 0.738. The van der Waals surface area contributed by atoms with E-state index >= 15 is 0 Å². The highest BCUT2D eigenvalue weighted by Crippen LogP contribution is 2.13. The summed E-state index contributed by atoms with van der Waals surface area (Å²) in [6.45, 7) is 2.90. The van der Waals surface area contributed by atoms with Crippen molar-refractivity contribution in [1.82, 2.24) is 10.3 Å². The number of ether oxygens (including phenoxy) is 1. The first kappa shape index (κ1) is 14.1. The molecule has 1 rings (SSSR count). The Morgan fingerprint density at radius 1 is 1.71 bits per heavy atom. The Morgan fingerprint density at radius 2 is 2.47 bits per heavy atom. The number of amides is 1. The van der Waals surface area contributed by atoms with Gasteiger partial charge in [-0.2, -0.15) is 0 Å². The zero-order valence-corrected chi connectivity index (χ0v) is 11.0. The van der Waals surface area contributed by atoms with Crippen LogP contribution in [-0.2, 0) is 22.4 Å². The lowest BCUT2D eigenvalue weighted by Crippen LogP contribution is -2.44. The first-order chi connectivity index (χ1) is 8.17. The molecule has 0 aliphatic heterocycles. The molecule has 96 valence electrons. The number of hydrogen-bond acceptors (Lipinski definition) is 5. The molecule has 0 fully saturated rings. The summed E-state index contributed by atoms with van der Waals surface area (Å²) in [7, 11) is 1.52. The van der Waals surface area contributed by atoms with Gasteiger partial charge in [0.1, 0.15) is 6.04 Å². The number of methoxy groups -OCH3 is 1. The fourth-order valence-electron chi connectivity index (χ4n) is 1.31. The van der Waals surface area contributed by atoms with Gasteiger partial charge in [-0.3, -0.25) is 4.79 Å². The highest BCUT2D eigenvalue weighted by atomic mass is 32.1. The van der Waals surface area contributed by atoms with E-state index in [1.165, 1.54) is 12.0 Å². The number of rotatable bonds is 7. The van der Waals surface area contributed by atoms with Crippen LogP contribution < -0.4 is 11.1 Å². The van der Waals surface area contributed by atoms with Crippen LogP contribution in [0.25, 0.3) is 0 Å². The van der Waals surface area contributed by atoms with E-state index in [0.717, 1.165) is 17.8 Å². The fourth-order valence-corrected chi connectivity index (χ4v) is 2.17. The van der Waals surface area contributed by atoms with Crippen LogP contribution in [0.15, 0.2) is 6.20 Å². The lowest BCUT2D eigenvalue weighted by molar-refractivity contribution is -0.123. The van der Waals surface area contributed by atoms with Crippen molar-refractivity contribution in [2.24, 2.45) is 5.73 Å². The third kappa shape index (κ3) is 4.80. The Kier molecular flexibility index (Phi) is 6.10. The number of thiazole rings is 1. The molecule has 0 radical (unpaired) electrons. The SMILES string of the molecule is CCc1cnc(CCNC(=O)C(N)COC)s1. The number of nitrogens with zero attached hydrogens (tertiary/aromatic N) is 1. The average molecular weight is 257 g/mol.